The smallest absolute Gasteiger partial charge is 0.139 e. The van der Waals surface area contributed by atoms with Crippen LogP contribution in [0, 0.1) is 0 Å². The van der Waals surface area contributed by atoms with Gasteiger partial charge in [-0.25, -0.2) is 0 Å². The molecule has 2 nitrogen and oxygen atoms in total. The van der Waals surface area contributed by atoms with E-state index in [1.807, 2.05) is 0 Å². The molecule has 0 unspecified atom stereocenters. The van der Waals surface area contributed by atoms with E-state index in [1.54, 1.807) is 0 Å². The van der Waals surface area contributed by atoms with Crippen LogP contribution in [0.1, 0.15) is 43.4 Å². The zero-order valence-electron chi connectivity index (χ0n) is 12.3. The Morgan fingerprint density at radius 1 is 1.10 bits per heavy atom. The van der Waals surface area contributed by atoms with Gasteiger partial charge in [-0.15, -0.1) is 0 Å². The molecule has 1 aromatic rings. The Balaban J connectivity index is 1.93. The molecule has 104 valence electrons. The van der Waals surface area contributed by atoms with Crippen molar-refractivity contribution in [3.05, 3.63) is 40.2 Å². The lowest BCUT2D eigenvalue weighted by molar-refractivity contribution is 0.425. The van der Waals surface area contributed by atoms with Crippen molar-refractivity contribution in [3.63, 3.8) is 0 Å². The van der Waals surface area contributed by atoms with Crippen molar-refractivity contribution in [2.75, 3.05) is 18.0 Å². The van der Waals surface area contributed by atoms with Crippen molar-refractivity contribution in [1.82, 2.24) is 0 Å². The maximum absolute atomic E-state index is 6.23. The molecule has 1 aromatic carbocycles. The van der Waals surface area contributed by atoms with E-state index < -0.39 is 0 Å². The largest absolute Gasteiger partial charge is 0.456 e. The molecular weight excluding hydrogens is 246 g/mol. The number of hydrogen-bond acceptors (Lipinski definition) is 2. The minimum atomic E-state index is 1.02. The van der Waals surface area contributed by atoms with Gasteiger partial charge >= 0.3 is 0 Å². The average Bonchev–Trinajstić information content (AvgIpc) is 2.47. The van der Waals surface area contributed by atoms with Gasteiger partial charge in [-0.3, -0.25) is 0 Å². The van der Waals surface area contributed by atoms with Gasteiger partial charge < -0.3 is 9.64 Å². The van der Waals surface area contributed by atoms with Crippen molar-refractivity contribution in [3.8, 4) is 5.75 Å². The first-order valence-corrected chi connectivity index (χ1v) is 7.71. The third-order valence-electron chi connectivity index (χ3n) is 4.62. The van der Waals surface area contributed by atoms with Gasteiger partial charge in [-0.05, 0) is 68.9 Å². The number of aryl methyl sites for hydroxylation is 1. The Labute approximate surface area is 120 Å². The van der Waals surface area contributed by atoms with Crippen LogP contribution in [0.4, 0.5) is 5.69 Å². The second-order valence-corrected chi connectivity index (χ2v) is 6.28. The number of benzene rings is 1. The second kappa shape index (κ2) is 4.41. The zero-order valence-corrected chi connectivity index (χ0v) is 12.3. The van der Waals surface area contributed by atoms with Crippen molar-refractivity contribution in [1.29, 1.82) is 0 Å². The highest BCUT2D eigenvalue weighted by Crippen LogP contribution is 2.44. The summed E-state index contributed by atoms with van der Waals surface area (Å²) in [7, 11) is 0. The quantitative estimate of drug-likeness (QED) is 0.702. The molecule has 3 aliphatic heterocycles. The van der Waals surface area contributed by atoms with Gasteiger partial charge in [0.1, 0.15) is 11.5 Å². The van der Waals surface area contributed by atoms with E-state index in [0.29, 0.717) is 0 Å². The molecule has 0 saturated heterocycles. The highest BCUT2D eigenvalue weighted by Gasteiger charge is 2.29. The Kier molecular flexibility index (Phi) is 2.66. The summed E-state index contributed by atoms with van der Waals surface area (Å²) >= 11 is 0. The van der Waals surface area contributed by atoms with E-state index in [4.69, 9.17) is 4.74 Å². The zero-order chi connectivity index (χ0) is 13.7. The summed E-state index contributed by atoms with van der Waals surface area (Å²) in [6, 6.07) is 2.35. The molecule has 2 heteroatoms. The minimum Gasteiger partial charge on any atom is -0.456 e. The van der Waals surface area contributed by atoms with Gasteiger partial charge in [0.05, 0.1) is 0 Å². The van der Waals surface area contributed by atoms with Gasteiger partial charge in [0.2, 0.25) is 0 Å². The first-order chi connectivity index (χ1) is 9.74. The van der Waals surface area contributed by atoms with E-state index in [2.05, 4.69) is 37.0 Å². The standard InChI is InChI=1S/C18H21NO/c1-12(2)16-8-7-14-11-13-5-3-9-19-10-4-6-15(17(13)19)18(14)20-16/h7-8,11H,3-6,9-10H2,1-2H3. The van der Waals surface area contributed by atoms with Crippen molar-refractivity contribution >= 4 is 11.8 Å². The van der Waals surface area contributed by atoms with Crippen LogP contribution in [0.15, 0.2) is 23.5 Å². The van der Waals surface area contributed by atoms with Crippen LogP contribution in [-0.2, 0) is 12.8 Å². The molecule has 0 saturated carbocycles. The van der Waals surface area contributed by atoms with Crippen LogP contribution in [0.3, 0.4) is 0 Å². The van der Waals surface area contributed by atoms with Gasteiger partial charge in [-0.2, -0.15) is 0 Å². The number of fused-ring (bicyclic) bond motifs is 2. The van der Waals surface area contributed by atoms with Crippen LogP contribution in [0.2, 0.25) is 0 Å². The molecule has 0 aliphatic carbocycles. The number of hydrogen-bond donors (Lipinski definition) is 0. The summed E-state index contributed by atoms with van der Waals surface area (Å²) in [6.45, 7) is 6.65. The van der Waals surface area contributed by atoms with Crippen molar-refractivity contribution in [2.24, 2.45) is 0 Å². The third-order valence-corrected chi connectivity index (χ3v) is 4.62. The fraction of sp³-hybridized carbons (Fsp3) is 0.444. The fourth-order valence-corrected chi connectivity index (χ4v) is 3.68. The number of ether oxygens (including phenoxy) is 1. The fourth-order valence-electron chi connectivity index (χ4n) is 3.68. The molecule has 3 aliphatic rings. The Morgan fingerprint density at radius 2 is 1.90 bits per heavy atom. The molecule has 0 N–H and O–H groups in total. The molecule has 4 rings (SSSR count). The van der Waals surface area contributed by atoms with Crippen LogP contribution in [0.25, 0.3) is 6.08 Å². The number of anilines is 1. The average molecular weight is 267 g/mol. The van der Waals surface area contributed by atoms with E-state index in [-0.39, 0.29) is 0 Å². The molecular formula is C18H21NO. The number of rotatable bonds is 0. The summed E-state index contributed by atoms with van der Waals surface area (Å²) in [5.41, 5.74) is 6.98. The molecule has 0 fully saturated rings. The second-order valence-electron chi connectivity index (χ2n) is 6.28. The summed E-state index contributed by atoms with van der Waals surface area (Å²) in [6.07, 6.45) is 9.25. The molecule has 0 amide bonds. The van der Waals surface area contributed by atoms with Gasteiger partial charge in [-0.1, -0.05) is 0 Å². The predicted molar refractivity (Wildman–Crippen MR) is 83.3 cm³/mol. The van der Waals surface area contributed by atoms with Crippen molar-refractivity contribution < 1.29 is 4.74 Å². The topological polar surface area (TPSA) is 12.5 Å². The predicted octanol–water partition coefficient (Wildman–Crippen LogP) is 4.08. The van der Waals surface area contributed by atoms with E-state index >= 15 is 0 Å². The highest BCUT2D eigenvalue weighted by atomic mass is 16.5. The van der Waals surface area contributed by atoms with E-state index in [1.165, 1.54) is 60.3 Å². The maximum Gasteiger partial charge on any atom is 0.139 e. The third kappa shape index (κ3) is 1.71. The Morgan fingerprint density at radius 3 is 2.70 bits per heavy atom. The lowest BCUT2D eigenvalue weighted by Crippen LogP contribution is -2.34. The first-order valence-electron chi connectivity index (χ1n) is 7.71. The minimum absolute atomic E-state index is 1.02. The number of allylic oxidation sites excluding steroid dienone is 2. The van der Waals surface area contributed by atoms with E-state index in [0.717, 1.165) is 17.9 Å². The number of nitrogens with zero attached hydrogens (tertiary/aromatic N) is 1. The normalized spacial score (nSPS) is 19.3. The van der Waals surface area contributed by atoms with Crippen LogP contribution < -0.4 is 9.64 Å². The molecule has 0 aromatic heterocycles. The van der Waals surface area contributed by atoms with Gasteiger partial charge in [0.15, 0.2) is 0 Å². The van der Waals surface area contributed by atoms with E-state index in [9.17, 15) is 0 Å². The van der Waals surface area contributed by atoms with Crippen molar-refractivity contribution in [2.45, 2.75) is 39.5 Å². The molecule has 3 heterocycles. The first kappa shape index (κ1) is 12.1. The van der Waals surface area contributed by atoms with Gasteiger partial charge in [0.25, 0.3) is 0 Å². The van der Waals surface area contributed by atoms with Crippen LogP contribution in [-0.4, -0.2) is 13.1 Å². The van der Waals surface area contributed by atoms with Crippen LogP contribution >= 0.6 is 0 Å². The molecule has 0 radical (unpaired) electrons. The SMILES string of the molecule is CC(C)=C1C=Cc2cc3c4c(c2O1)CCCN4CCC3. The Hall–Kier alpha value is -1.70. The lowest BCUT2D eigenvalue weighted by atomic mass is 9.88. The maximum atomic E-state index is 6.23. The van der Waals surface area contributed by atoms with Crippen LogP contribution in [0.5, 0.6) is 5.75 Å². The summed E-state index contributed by atoms with van der Waals surface area (Å²) < 4.78 is 6.23. The summed E-state index contributed by atoms with van der Waals surface area (Å²) in [5, 5.41) is 0. The molecule has 20 heavy (non-hydrogen) atoms. The lowest BCUT2D eigenvalue weighted by Gasteiger charge is -2.38. The highest BCUT2D eigenvalue weighted by molar-refractivity contribution is 5.76. The summed E-state index contributed by atoms with van der Waals surface area (Å²) in [4.78, 5) is 2.57. The molecule has 0 atom stereocenters. The molecule has 0 spiro atoms. The van der Waals surface area contributed by atoms with Gasteiger partial charge in [0, 0.05) is 29.9 Å². The molecule has 0 bridgehead atoms. The summed E-state index contributed by atoms with van der Waals surface area (Å²) in [5.74, 6) is 2.13. The Bertz CT molecular complexity index is 633. The monoisotopic (exact) mass is 267 g/mol.